The summed E-state index contributed by atoms with van der Waals surface area (Å²) in [6.07, 6.45) is 1.65. The molecular weight excluding hydrogens is 265 g/mol. The normalized spacial score (nSPS) is 8.17. The van der Waals surface area contributed by atoms with Crippen molar-refractivity contribution in [3.63, 3.8) is 0 Å². The Bertz CT molecular complexity index is 244. The van der Waals surface area contributed by atoms with Crippen LogP contribution in [0.5, 0.6) is 0 Å². The van der Waals surface area contributed by atoms with Crippen LogP contribution >= 0.6 is 40.7 Å². The van der Waals surface area contributed by atoms with Gasteiger partial charge in [0, 0.05) is 22.8 Å². The van der Waals surface area contributed by atoms with Gasteiger partial charge in [-0.05, 0) is 22.0 Å². The van der Waals surface area contributed by atoms with Gasteiger partial charge in [0.1, 0.15) is 5.82 Å². The Morgan fingerprint density at radius 3 is 2.42 bits per heavy atom. The SMILES string of the molecule is Cl.Cl.NCc1cc(Br)cnc1N. The molecule has 0 unspecified atom stereocenters. The van der Waals surface area contributed by atoms with Crippen molar-refractivity contribution in [3.05, 3.63) is 22.3 Å². The Labute approximate surface area is 91.9 Å². The molecule has 4 N–H and O–H groups in total. The minimum atomic E-state index is 0. The summed E-state index contributed by atoms with van der Waals surface area (Å²) in [5.41, 5.74) is 11.7. The molecule has 1 aromatic rings. The fourth-order valence-corrected chi connectivity index (χ4v) is 1.03. The highest BCUT2D eigenvalue weighted by atomic mass is 79.9. The molecule has 1 rings (SSSR count). The third-order valence-corrected chi connectivity index (χ3v) is 1.62. The molecule has 0 aliphatic carbocycles. The van der Waals surface area contributed by atoms with Gasteiger partial charge < -0.3 is 11.5 Å². The van der Waals surface area contributed by atoms with E-state index in [-0.39, 0.29) is 24.8 Å². The summed E-state index contributed by atoms with van der Waals surface area (Å²) in [5, 5.41) is 0. The van der Waals surface area contributed by atoms with Gasteiger partial charge in [-0.15, -0.1) is 24.8 Å². The number of hydrogen-bond acceptors (Lipinski definition) is 3. The first-order chi connectivity index (χ1) is 4.74. The molecule has 0 bridgehead atoms. The molecule has 0 atom stereocenters. The van der Waals surface area contributed by atoms with E-state index in [1.165, 1.54) is 0 Å². The smallest absolute Gasteiger partial charge is 0.127 e. The second kappa shape index (κ2) is 6.48. The van der Waals surface area contributed by atoms with E-state index < -0.39 is 0 Å². The highest BCUT2D eigenvalue weighted by Crippen LogP contribution is 2.14. The molecule has 0 aliphatic heterocycles. The van der Waals surface area contributed by atoms with Crippen molar-refractivity contribution in [3.8, 4) is 0 Å². The van der Waals surface area contributed by atoms with E-state index in [0.29, 0.717) is 12.4 Å². The molecule has 0 aliphatic rings. The number of anilines is 1. The molecule has 3 nitrogen and oxygen atoms in total. The topological polar surface area (TPSA) is 64.9 Å². The minimum Gasteiger partial charge on any atom is -0.383 e. The zero-order chi connectivity index (χ0) is 7.56. The first-order valence-electron chi connectivity index (χ1n) is 2.84. The average molecular weight is 275 g/mol. The van der Waals surface area contributed by atoms with Gasteiger partial charge in [0.15, 0.2) is 0 Å². The summed E-state index contributed by atoms with van der Waals surface area (Å²) in [5.74, 6) is 0.505. The third kappa shape index (κ3) is 3.58. The number of halogens is 3. The van der Waals surface area contributed by atoms with Gasteiger partial charge in [-0.25, -0.2) is 4.98 Å². The molecule has 1 aromatic heterocycles. The lowest BCUT2D eigenvalue weighted by Gasteiger charge is -2.00. The summed E-state index contributed by atoms with van der Waals surface area (Å²) in [6.45, 7) is 0.429. The predicted molar refractivity (Wildman–Crippen MR) is 58.7 cm³/mol. The van der Waals surface area contributed by atoms with E-state index in [4.69, 9.17) is 11.5 Å². The second-order valence-electron chi connectivity index (χ2n) is 1.90. The maximum absolute atomic E-state index is 5.49. The molecule has 1 heterocycles. The third-order valence-electron chi connectivity index (χ3n) is 1.19. The van der Waals surface area contributed by atoms with Crippen LogP contribution in [-0.4, -0.2) is 4.98 Å². The van der Waals surface area contributed by atoms with Gasteiger partial charge in [0.2, 0.25) is 0 Å². The van der Waals surface area contributed by atoms with Crippen LogP contribution in [0, 0.1) is 0 Å². The Morgan fingerprint density at radius 2 is 2.00 bits per heavy atom. The Morgan fingerprint density at radius 1 is 1.42 bits per heavy atom. The molecule has 0 aromatic carbocycles. The van der Waals surface area contributed by atoms with E-state index in [1.54, 1.807) is 6.20 Å². The van der Waals surface area contributed by atoms with Crippen LogP contribution in [0.1, 0.15) is 5.56 Å². The summed E-state index contributed by atoms with van der Waals surface area (Å²) < 4.78 is 0.905. The van der Waals surface area contributed by atoms with Crippen LogP contribution in [-0.2, 0) is 6.54 Å². The number of aromatic nitrogens is 1. The Kier molecular flexibility index (Phi) is 7.83. The summed E-state index contributed by atoms with van der Waals surface area (Å²) in [6, 6.07) is 1.86. The minimum absolute atomic E-state index is 0. The molecule has 6 heteroatoms. The maximum atomic E-state index is 5.49. The Balaban J connectivity index is 0. The van der Waals surface area contributed by atoms with Crippen molar-refractivity contribution in [2.45, 2.75) is 6.54 Å². The largest absolute Gasteiger partial charge is 0.383 e. The molecule has 0 saturated carbocycles. The van der Waals surface area contributed by atoms with Crippen LogP contribution in [0.3, 0.4) is 0 Å². The van der Waals surface area contributed by atoms with Crippen molar-refractivity contribution in [2.24, 2.45) is 5.73 Å². The lowest BCUT2D eigenvalue weighted by atomic mass is 10.3. The molecule has 0 spiro atoms. The number of pyridine rings is 1. The van der Waals surface area contributed by atoms with Crippen LogP contribution < -0.4 is 11.5 Å². The number of nitrogens with two attached hydrogens (primary N) is 2. The lowest BCUT2D eigenvalue weighted by molar-refractivity contribution is 1.05. The standard InChI is InChI=1S/C6H8BrN3.2ClH/c7-5-1-4(2-8)6(9)10-3-5;;/h1,3H,2,8H2,(H2,9,10);2*1H. The van der Waals surface area contributed by atoms with Crippen molar-refractivity contribution >= 4 is 46.6 Å². The van der Waals surface area contributed by atoms with Gasteiger partial charge in [-0.2, -0.15) is 0 Å². The predicted octanol–water partition coefficient (Wildman–Crippen LogP) is 1.73. The monoisotopic (exact) mass is 273 g/mol. The zero-order valence-corrected chi connectivity index (χ0v) is 9.38. The number of rotatable bonds is 1. The van der Waals surface area contributed by atoms with Crippen LogP contribution in [0.15, 0.2) is 16.7 Å². The highest BCUT2D eigenvalue weighted by molar-refractivity contribution is 9.10. The summed E-state index contributed by atoms with van der Waals surface area (Å²) >= 11 is 3.26. The summed E-state index contributed by atoms with van der Waals surface area (Å²) in [7, 11) is 0. The average Bonchev–Trinajstić information content (AvgIpc) is 1.94. The molecule has 12 heavy (non-hydrogen) atoms. The fraction of sp³-hybridized carbons (Fsp3) is 0.167. The Hall–Kier alpha value is -0.0300. The maximum Gasteiger partial charge on any atom is 0.127 e. The van der Waals surface area contributed by atoms with Gasteiger partial charge in [0.25, 0.3) is 0 Å². The fourth-order valence-electron chi connectivity index (χ4n) is 0.655. The van der Waals surface area contributed by atoms with E-state index >= 15 is 0 Å². The second-order valence-corrected chi connectivity index (χ2v) is 2.82. The molecule has 0 radical (unpaired) electrons. The number of nitrogens with zero attached hydrogens (tertiary/aromatic N) is 1. The van der Waals surface area contributed by atoms with E-state index in [1.807, 2.05) is 6.07 Å². The van der Waals surface area contributed by atoms with Crippen LogP contribution in [0.4, 0.5) is 5.82 Å². The first-order valence-corrected chi connectivity index (χ1v) is 3.63. The van der Waals surface area contributed by atoms with E-state index in [9.17, 15) is 0 Å². The van der Waals surface area contributed by atoms with Crippen molar-refractivity contribution < 1.29 is 0 Å². The van der Waals surface area contributed by atoms with E-state index in [0.717, 1.165) is 10.0 Å². The number of hydrogen-bond donors (Lipinski definition) is 2. The highest BCUT2D eigenvalue weighted by Gasteiger charge is 1.97. The quantitative estimate of drug-likeness (QED) is 0.820. The summed E-state index contributed by atoms with van der Waals surface area (Å²) in [4.78, 5) is 3.90. The van der Waals surface area contributed by atoms with E-state index in [2.05, 4.69) is 20.9 Å². The van der Waals surface area contributed by atoms with Crippen molar-refractivity contribution in [2.75, 3.05) is 5.73 Å². The number of nitrogen functional groups attached to an aromatic ring is 1. The molecular formula is C6H10BrCl2N3. The molecule has 70 valence electrons. The molecule has 0 fully saturated rings. The molecule has 0 saturated heterocycles. The zero-order valence-electron chi connectivity index (χ0n) is 6.16. The first kappa shape index (κ1) is 14.5. The van der Waals surface area contributed by atoms with Crippen LogP contribution in [0.2, 0.25) is 0 Å². The molecule has 0 amide bonds. The van der Waals surface area contributed by atoms with Crippen LogP contribution in [0.25, 0.3) is 0 Å². The van der Waals surface area contributed by atoms with Gasteiger partial charge in [-0.1, -0.05) is 0 Å². The van der Waals surface area contributed by atoms with Gasteiger partial charge in [0.05, 0.1) is 0 Å². The van der Waals surface area contributed by atoms with Gasteiger partial charge in [-0.3, -0.25) is 0 Å². The van der Waals surface area contributed by atoms with Gasteiger partial charge >= 0.3 is 0 Å². The lowest BCUT2D eigenvalue weighted by Crippen LogP contribution is -2.02. The van der Waals surface area contributed by atoms with Crippen molar-refractivity contribution in [1.82, 2.24) is 4.98 Å². The van der Waals surface area contributed by atoms with Crippen molar-refractivity contribution in [1.29, 1.82) is 0 Å².